The lowest BCUT2D eigenvalue weighted by Gasteiger charge is -2.33. The fraction of sp³-hybridized carbons (Fsp3) is 0.500. The monoisotopic (exact) mass is 291 g/mol. The molecule has 1 saturated heterocycles. The van der Waals surface area contributed by atoms with Crippen LogP contribution in [0.3, 0.4) is 0 Å². The van der Waals surface area contributed by atoms with Crippen molar-refractivity contribution in [2.24, 2.45) is 5.92 Å². The number of anilines is 1. The van der Waals surface area contributed by atoms with E-state index in [9.17, 15) is 22.4 Å². The Kier molecular flexibility index (Phi) is 4.10. The van der Waals surface area contributed by atoms with E-state index in [4.69, 9.17) is 0 Å². The minimum Gasteiger partial charge on any atom is -0.366 e. The third-order valence-electron chi connectivity index (χ3n) is 3.33. The minimum absolute atomic E-state index is 0.00356. The number of nitrogens with zero attached hydrogens (tertiary/aromatic N) is 2. The second-order valence-electron chi connectivity index (χ2n) is 4.57. The van der Waals surface area contributed by atoms with E-state index in [1.54, 1.807) is 0 Å². The highest BCUT2D eigenvalue weighted by atomic mass is 19.2. The largest absolute Gasteiger partial charge is 0.366 e. The molecular weight excluding hydrogens is 278 g/mol. The first-order chi connectivity index (χ1) is 9.45. The molecule has 2 heterocycles. The number of aromatic nitrogens is 1. The number of carbonyl (C=O) groups excluding carboxylic acids is 1. The van der Waals surface area contributed by atoms with Crippen molar-refractivity contribution in [1.82, 2.24) is 10.3 Å². The zero-order chi connectivity index (χ0) is 14.9. The third kappa shape index (κ3) is 2.54. The second-order valence-corrected chi connectivity index (χ2v) is 4.57. The second kappa shape index (κ2) is 5.64. The van der Waals surface area contributed by atoms with Crippen LogP contribution in [0.1, 0.15) is 12.8 Å². The molecule has 1 aliphatic heterocycles. The zero-order valence-corrected chi connectivity index (χ0v) is 10.7. The predicted molar refractivity (Wildman–Crippen MR) is 63.1 cm³/mol. The van der Waals surface area contributed by atoms with Gasteiger partial charge in [0.25, 0.3) is 11.9 Å². The number of amides is 1. The number of rotatable bonds is 2. The minimum atomic E-state index is -1.69. The lowest BCUT2D eigenvalue weighted by Crippen LogP contribution is -2.43. The Hall–Kier alpha value is -1.86. The number of hydrogen-bond donors (Lipinski definition) is 1. The molecule has 1 atom stereocenters. The van der Waals surface area contributed by atoms with E-state index in [1.807, 2.05) is 0 Å². The molecule has 1 aromatic heterocycles. The highest BCUT2D eigenvalue weighted by molar-refractivity contribution is 5.79. The van der Waals surface area contributed by atoms with E-state index in [0.29, 0.717) is 12.8 Å². The Morgan fingerprint density at radius 1 is 1.25 bits per heavy atom. The van der Waals surface area contributed by atoms with Gasteiger partial charge < -0.3 is 10.2 Å². The van der Waals surface area contributed by atoms with Crippen molar-refractivity contribution in [3.05, 3.63) is 23.5 Å². The van der Waals surface area contributed by atoms with Gasteiger partial charge in [-0.2, -0.15) is 22.5 Å². The van der Waals surface area contributed by atoms with E-state index in [2.05, 4.69) is 10.3 Å². The van der Waals surface area contributed by atoms with Crippen LogP contribution in [0.5, 0.6) is 0 Å². The molecule has 0 radical (unpaired) electrons. The molecular formula is C12H13F4N3O. The first-order valence-corrected chi connectivity index (χ1v) is 6.12. The Labute approximate surface area is 112 Å². The summed E-state index contributed by atoms with van der Waals surface area (Å²) in [4.78, 5) is 15.2. The van der Waals surface area contributed by atoms with Crippen LogP contribution >= 0.6 is 0 Å². The van der Waals surface area contributed by atoms with E-state index in [1.165, 1.54) is 7.05 Å². The molecule has 0 aliphatic carbocycles. The van der Waals surface area contributed by atoms with Gasteiger partial charge in [-0.3, -0.25) is 4.79 Å². The average Bonchev–Trinajstić information content (AvgIpc) is 2.45. The van der Waals surface area contributed by atoms with Crippen LogP contribution in [0, 0.1) is 29.4 Å². The molecule has 4 nitrogen and oxygen atoms in total. The van der Waals surface area contributed by atoms with Crippen LogP contribution < -0.4 is 10.2 Å². The van der Waals surface area contributed by atoms with Gasteiger partial charge in [-0.15, -0.1) is 0 Å². The van der Waals surface area contributed by atoms with Crippen molar-refractivity contribution in [3.63, 3.8) is 0 Å². The average molecular weight is 291 g/mol. The maximum Gasteiger partial charge on any atom is 0.253 e. The molecule has 8 heteroatoms. The summed E-state index contributed by atoms with van der Waals surface area (Å²) in [5.74, 6) is -7.22. The number of halogens is 4. The zero-order valence-electron chi connectivity index (χ0n) is 10.7. The lowest BCUT2D eigenvalue weighted by atomic mass is 9.96. The fourth-order valence-electron chi connectivity index (χ4n) is 2.35. The summed E-state index contributed by atoms with van der Waals surface area (Å²) in [7, 11) is 1.45. The highest BCUT2D eigenvalue weighted by Gasteiger charge is 2.31. The first-order valence-electron chi connectivity index (χ1n) is 6.12. The third-order valence-corrected chi connectivity index (χ3v) is 3.33. The molecule has 20 heavy (non-hydrogen) atoms. The number of carbonyl (C=O) groups is 1. The highest BCUT2D eigenvalue weighted by Crippen LogP contribution is 2.30. The van der Waals surface area contributed by atoms with Crippen LogP contribution in [-0.4, -0.2) is 31.0 Å². The van der Waals surface area contributed by atoms with Gasteiger partial charge in [-0.1, -0.05) is 0 Å². The van der Waals surface area contributed by atoms with Crippen molar-refractivity contribution >= 4 is 11.6 Å². The summed E-state index contributed by atoms with van der Waals surface area (Å²) >= 11 is 0. The quantitative estimate of drug-likeness (QED) is 0.665. The van der Waals surface area contributed by atoms with Crippen molar-refractivity contribution in [2.75, 3.05) is 25.0 Å². The van der Waals surface area contributed by atoms with Crippen LogP contribution in [0.15, 0.2) is 0 Å². The van der Waals surface area contributed by atoms with Crippen molar-refractivity contribution < 1.29 is 22.4 Å². The van der Waals surface area contributed by atoms with Crippen molar-refractivity contribution in [1.29, 1.82) is 0 Å². The Morgan fingerprint density at radius 2 is 1.85 bits per heavy atom. The first kappa shape index (κ1) is 14.5. The number of nitrogens with one attached hydrogen (secondary N) is 1. The van der Waals surface area contributed by atoms with Crippen LogP contribution in [0.2, 0.25) is 0 Å². The van der Waals surface area contributed by atoms with E-state index in [0.717, 1.165) is 4.90 Å². The van der Waals surface area contributed by atoms with Gasteiger partial charge in [0.1, 0.15) is 5.69 Å². The summed E-state index contributed by atoms with van der Waals surface area (Å²) in [6.07, 6.45) is 1.04. The van der Waals surface area contributed by atoms with Crippen LogP contribution in [-0.2, 0) is 4.79 Å². The number of hydrogen-bond acceptors (Lipinski definition) is 3. The summed E-state index contributed by atoms with van der Waals surface area (Å²) in [6.45, 7) is 0.209. The molecule has 1 N–H and O–H groups in total. The Bertz CT molecular complexity index is 512. The van der Waals surface area contributed by atoms with Gasteiger partial charge in [-0.25, -0.2) is 0 Å². The van der Waals surface area contributed by atoms with Gasteiger partial charge in [0, 0.05) is 20.1 Å². The maximum absolute atomic E-state index is 13.7. The summed E-state index contributed by atoms with van der Waals surface area (Å²) < 4.78 is 53.5. The van der Waals surface area contributed by atoms with Crippen LogP contribution in [0.4, 0.5) is 23.2 Å². The molecule has 110 valence electrons. The molecule has 1 fully saturated rings. The topological polar surface area (TPSA) is 45.2 Å². The molecule has 2 rings (SSSR count). The molecule has 1 unspecified atom stereocenters. The Morgan fingerprint density at radius 3 is 2.40 bits per heavy atom. The van der Waals surface area contributed by atoms with Gasteiger partial charge in [0.2, 0.25) is 17.5 Å². The van der Waals surface area contributed by atoms with Gasteiger partial charge >= 0.3 is 0 Å². The van der Waals surface area contributed by atoms with E-state index < -0.39 is 35.1 Å². The molecule has 1 aliphatic rings. The lowest BCUT2D eigenvalue weighted by molar-refractivity contribution is -0.124. The summed E-state index contributed by atoms with van der Waals surface area (Å²) in [6, 6.07) is 0. The molecule has 0 saturated carbocycles. The van der Waals surface area contributed by atoms with Gasteiger partial charge in [-0.05, 0) is 12.8 Å². The SMILES string of the molecule is CNC(=O)C1CCCN(c2c(F)c(F)nc(F)c2F)C1. The van der Waals surface area contributed by atoms with E-state index in [-0.39, 0.29) is 19.0 Å². The van der Waals surface area contributed by atoms with Crippen molar-refractivity contribution in [2.45, 2.75) is 12.8 Å². The number of pyridine rings is 1. The summed E-state index contributed by atoms with van der Waals surface area (Å²) in [5, 5.41) is 2.45. The van der Waals surface area contributed by atoms with Crippen LogP contribution in [0.25, 0.3) is 0 Å². The molecule has 1 aromatic rings. The van der Waals surface area contributed by atoms with E-state index >= 15 is 0 Å². The fourth-order valence-corrected chi connectivity index (χ4v) is 2.35. The number of piperidine rings is 1. The summed E-state index contributed by atoms with van der Waals surface area (Å²) in [5.41, 5.74) is -0.802. The standard InChI is InChI=1S/C12H13F4N3O/c1-17-12(20)6-3-2-4-19(5-6)9-7(13)10(15)18-11(16)8(9)14/h6H,2-5H2,1H3,(H,17,20). The van der Waals surface area contributed by atoms with Gasteiger partial charge in [0.05, 0.1) is 5.92 Å². The normalized spacial score (nSPS) is 19.1. The molecule has 1 amide bonds. The van der Waals surface area contributed by atoms with Crippen molar-refractivity contribution in [3.8, 4) is 0 Å². The molecule has 0 aromatic carbocycles. The predicted octanol–water partition coefficient (Wildman–Crippen LogP) is 1.60. The van der Waals surface area contributed by atoms with Gasteiger partial charge in [0.15, 0.2) is 0 Å². The Balaban J connectivity index is 2.34. The maximum atomic E-state index is 13.7. The smallest absolute Gasteiger partial charge is 0.253 e. The molecule has 0 bridgehead atoms. The molecule has 0 spiro atoms.